The molecule has 0 bridgehead atoms. The summed E-state index contributed by atoms with van der Waals surface area (Å²) in [5.74, 6) is 0. The first-order valence-electron chi connectivity index (χ1n) is 6.22. The molecular weight excluding hydrogens is 308 g/mol. The molecule has 2 nitrogen and oxygen atoms in total. The number of allylic oxidation sites excluding steroid dienone is 1. The van der Waals surface area contributed by atoms with Crippen LogP contribution in [0.2, 0.25) is 0 Å². The Labute approximate surface area is 120 Å². The van der Waals surface area contributed by atoms with Crippen LogP contribution in [0.15, 0.2) is 45.0 Å². The Morgan fingerprint density at radius 3 is 2.67 bits per heavy atom. The molecule has 0 saturated carbocycles. The van der Waals surface area contributed by atoms with E-state index in [0.717, 1.165) is 10.9 Å². The number of nitrogens with two attached hydrogens (primary N) is 1. The zero-order valence-corrected chi connectivity index (χ0v) is 12.4. The summed E-state index contributed by atoms with van der Waals surface area (Å²) in [5.41, 5.74) is 10.0. The maximum absolute atomic E-state index is 5.97. The maximum Gasteiger partial charge on any atom is 0.159 e. The van der Waals surface area contributed by atoms with Gasteiger partial charge in [-0.15, -0.1) is 0 Å². The number of amidine groups is 1. The van der Waals surface area contributed by atoms with E-state index in [0.29, 0.717) is 10.4 Å². The summed E-state index contributed by atoms with van der Waals surface area (Å²) < 4.78 is 1.12. The van der Waals surface area contributed by atoms with Gasteiger partial charge in [0.05, 0.1) is 5.25 Å². The molecule has 0 saturated heterocycles. The van der Waals surface area contributed by atoms with Crippen molar-refractivity contribution in [1.29, 1.82) is 0 Å². The Hall–Kier alpha value is -0.740. The van der Waals surface area contributed by atoms with Gasteiger partial charge in [-0.2, -0.15) is 0 Å². The first-order chi connectivity index (χ1) is 8.74. The summed E-state index contributed by atoms with van der Waals surface area (Å²) in [6.45, 7) is 0. The molecule has 0 unspecified atom stereocenters. The third-order valence-electron chi connectivity index (χ3n) is 3.45. The zero-order chi connectivity index (χ0) is 12.5. The van der Waals surface area contributed by atoms with Crippen LogP contribution in [0.1, 0.15) is 36.5 Å². The summed E-state index contributed by atoms with van der Waals surface area (Å²) in [6.07, 6.45) is 4.78. The van der Waals surface area contributed by atoms with Crippen molar-refractivity contribution in [2.75, 3.05) is 0 Å². The summed E-state index contributed by atoms with van der Waals surface area (Å²) in [7, 11) is 0. The van der Waals surface area contributed by atoms with Crippen LogP contribution in [0, 0.1) is 0 Å². The smallest absolute Gasteiger partial charge is 0.159 e. The van der Waals surface area contributed by atoms with Crippen LogP contribution in [0.5, 0.6) is 0 Å². The largest absolute Gasteiger partial charge is 0.378 e. The fraction of sp³-hybridized carbons (Fsp3) is 0.357. The molecule has 2 aliphatic rings. The van der Waals surface area contributed by atoms with Crippen LogP contribution < -0.4 is 5.73 Å². The van der Waals surface area contributed by atoms with E-state index in [9.17, 15) is 0 Å². The van der Waals surface area contributed by atoms with Gasteiger partial charge in [0.25, 0.3) is 0 Å². The molecular formula is C14H15BrN2S. The highest BCUT2D eigenvalue weighted by molar-refractivity contribution is 9.10. The van der Waals surface area contributed by atoms with Gasteiger partial charge >= 0.3 is 0 Å². The van der Waals surface area contributed by atoms with E-state index in [-0.39, 0.29) is 0 Å². The quantitative estimate of drug-likeness (QED) is 0.833. The monoisotopic (exact) mass is 322 g/mol. The van der Waals surface area contributed by atoms with Crippen molar-refractivity contribution < 1.29 is 0 Å². The second-order valence-electron chi connectivity index (χ2n) is 4.68. The standard InChI is InChI=1S/C14H15BrN2S/c15-10-7-5-9(6-8-10)13-11-3-1-2-4-12(11)17-14(16)18-13/h5-8,13H,1-4H2,(H2,16,17)/t13-/m0/s1. The average Bonchev–Trinajstić information content (AvgIpc) is 2.38. The minimum atomic E-state index is 0.367. The van der Waals surface area contributed by atoms with Crippen LogP contribution in [-0.4, -0.2) is 5.17 Å². The second kappa shape index (κ2) is 5.10. The van der Waals surface area contributed by atoms with Crippen molar-refractivity contribution in [1.82, 2.24) is 0 Å². The molecule has 1 heterocycles. The van der Waals surface area contributed by atoms with Gasteiger partial charge in [-0.05, 0) is 49.0 Å². The van der Waals surface area contributed by atoms with Gasteiger partial charge in [0, 0.05) is 10.2 Å². The minimum Gasteiger partial charge on any atom is -0.378 e. The second-order valence-corrected chi connectivity index (χ2v) is 6.72. The summed E-state index contributed by atoms with van der Waals surface area (Å²) in [5, 5.41) is 1.08. The molecule has 1 aromatic rings. The van der Waals surface area contributed by atoms with E-state index in [1.54, 1.807) is 11.8 Å². The average molecular weight is 323 g/mol. The van der Waals surface area contributed by atoms with Crippen molar-refractivity contribution in [3.8, 4) is 0 Å². The number of aliphatic imine (C=N–C) groups is 1. The van der Waals surface area contributed by atoms with Crippen molar-refractivity contribution >= 4 is 32.9 Å². The SMILES string of the molecule is NC1=NC2=C(CCCC2)[C@H](c2ccc(Br)cc2)S1. The van der Waals surface area contributed by atoms with Crippen molar-refractivity contribution in [3.05, 3.63) is 45.6 Å². The Morgan fingerprint density at radius 1 is 1.17 bits per heavy atom. The van der Waals surface area contributed by atoms with Gasteiger partial charge < -0.3 is 5.73 Å². The molecule has 4 heteroatoms. The Morgan fingerprint density at radius 2 is 1.89 bits per heavy atom. The first-order valence-corrected chi connectivity index (χ1v) is 7.89. The molecule has 3 rings (SSSR count). The van der Waals surface area contributed by atoms with E-state index >= 15 is 0 Å². The number of nitrogens with zero attached hydrogens (tertiary/aromatic N) is 1. The molecule has 0 radical (unpaired) electrons. The predicted octanol–water partition coefficient (Wildman–Crippen LogP) is 4.38. The maximum atomic E-state index is 5.97. The number of thioether (sulfide) groups is 1. The lowest BCUT2D eigenvalue weighted by Crippen LogP contribution is -2.18. The zero-order valence-electron chi connectivity index (χ0n) is 10.0. The third kappa shape index (κ3) is 2.36. The number of rotatable bonds is 1. The fourth-order valence-electron chi connectivity index (χ4n) is 2.58. The topological polar surface area (TPSA) is 38.4 Å². The highest BCUT2D eigenvalue weighted by Crippen LogP contribution is 2.46. The number of hydrogen-bond donors (Lipinski definition) is 1. The van der Waals surface area contributed by atoms with Crippen LogP contribution in [0.4, 0.5) is 0 Å². The predicted molar refractivity (Wildman–Crippen MR) is 81.6 cm³/mol. The van der Waals surface area contributed by atoms with Gasteiger partial charge in [0.2, 0.25) is 0 Å². The molecule has 0 spiro atoms. The fourth-order valence-corrected chi connectivity index (χ4v) is 3.94. The summed E-state index contributed by atoms with van der Waals surface area (Å²) in [6, 6.07) is 8.56. The van der Waals surface area contributed by atoms with Crippen molar-refractivity contribution in [3.63, 3.8) is 0 Å². The molecule has 1 aromatic carbocycles. The molecule has 18 heavy (non-hydrogen) atoms. The van der Waals surface area contributed by atoms with Gasteiger partial charge in [0.15, 0.2) is 5.17 Å². The highest BCUT2D eigenvalue weighted by Gasteiger charge is 2.27. The van der Waals surface area contributed by atoms with E-state index in [2.05, 4.69) is 45.2 Å². The summed E-state index contributed by atoms with van der Waals surface area (Å²) in [4.78, 5) is 4.53. The lowest BCUT2D eigenvalue weighted by atomic mass is 9.91. The van der Waals surface area contributed by atoms with E-state index < -0.39 is 0 Å². The third-order valence-corrected chi connectivity index (χ3v) is 5.11. The molecule has 0 amide bonds. The number of halogens is 1. The van der Waals surface area contributed by atoms with E-state index in [1.165, 1.54) is 36.1 Å². The first kappa shape index (κ1) is 12.3. The van der Waals surface area contributed by atoms with E-state index in [4.69, 9.17) is 5.73 Å². The van der Waals surface area contributed by atoms with Gasteiger partial charge in [-0.25, -0.2) is 4.99 Å². The Kier molecular flexibility index (Phi) is 3.48. The van der Waals surface area contributed by atoms with Crippen molar-refractivity contribution in [2.45, 2.75) is 30.9 Å². The molecule has 1 aliphatic carbocycles. The molecule has 94 valence electrons. The van der Waals surface area contributed by atoms with Crippen LogP contribution >= 0.6 is 27.7 Å². The molecule has 0 fully saturated rings. The normalized spacial score (nSPS) is 23.6. The number of hydrogen-bond acceptors (Lipinski definition) is 3. The molecule has 0 aromatic heterocycles. The van der Waals surface area contributed by atoms with Gasteiger partial charge in [-0.3, -0.25) is 0 Å². The van der Waals surface area contributed by atoms with Gasteiger partial charge in [-0.1, -0.05) is 39.8 Å². The highest BCUT2D eigenvalue weighted by atomic mass is 79.9. The minimum absolute atomic E-state index is 0.367. The van der Waals surface area contributed by atoms with Crippen LogP contribution in [0.3, 0.4) is 0 Å². The Bertz CT molecular complexity index is 519. The van der Waals surface area contributed by atoms with Crippen LogP contribution in [-0.2, 0) is 0 Å². The molecule has 1 aliphatic heterocycles. The number of benzene rings is 1. The van der Waals surface area contributed by atoms with Crippen molar-refractivity contribution in [2.24, 2.45) is 10.7 Å². The van der Waals surface area contributed by atoms with Gasteiger partial charge in [0.1, 0.15) is 0 Å². The summed E-state index contributed by atoms with van der Waals surface area (Å²) >= 11 is 5.17. The van der Waals surface area contributed by atoms with E-state index in [1.807, 2.05) is 0 Å². The Balaban J connectivity index is 1.99. The molecule has 1 atom stereocenters. The lowest BCUT2D eigenvalue weighted by molar-refractivity contribution is 0.650. The lowest BCUT2D eigenvalue weighted by Gasteiger charge is -2.29. The van der Waals surface area contributed by atoms with Crippen LogP contribution in [0.25, 0.3) is 0 Å². The molecule has 2 N–H and O–H groups in total.